The summed E-state index contributed by atoms with van der Waals surface area (Å²) in [5.41, 5.74) is -0.0922. The van der Waals surface area contributed by atoms with Crippen LogP contribution in [0, 0.1) is 5.41 Å². The number of hydrogen-bond donors (Lipinski definition) is 0. The van der Waals surface area contributed by atoms with E-state index in [1.807, 2.05) is 0 Å². The van der Waals surface area contributed by atoms with E-state index in [0.29, 0.717) is 30.8 Å². The summed E-state index contributed by atoms with van der Waals surface area (Å²) in [6.07, 6.45) is 4.31. The summed E-state index contributed by atoms with van der Waals surface area (Å²) in [7, 11) is 1.32. The van der Waals surface area contributed by atoms with Gasteiger partial charge in [0.15, 0.2) is 0 Å². The van der Waals surface area contributed by atoms with Gasteiger partial charge in [0, 0.05) is 12.6 Å². The molecular formula is C16H20F2N4O2. The second-order valence-corrected chi connectivity index (χ2v) is 6.54. The Hall–Kier alpha value is -2.25. The van der Waals surface area contributed by atoms with Crippen molar-refractivity contribution in [3.8, 4) is 0 Å². The molecule has 1 unspecified atom stereocenters. The second-order valence-electron chi connectivity index (χ2n) is 6.54. The lowest BCUT2D eigenvalue weighted by molar-refractivity contribution is -0.0985. The van der Waals surface area contributed by atoms with Crippen LogP contribution in [-0.4, -0.2) is 38.6 Å². The number of carbonyl (C=O) groups is 1. The van der Waals surface area contributed by atoms with E-state index in [9.17, 15) is 13.6 Å². The van der Waals surface area contributed by atoms with Crippen molar-refractivity contribution < 1.29 is 18.3 Å². The van der Waals surface area contributed by atoms with Crippen molar-refractivity contribution in [3.05, 3.63) is 35.9 Å². The molecule has 1 saturated carbocycles. The Morgan fingerprint density at radius 1 is 1.42 bits per heavy atom. The van der Waals surface area contributed by atoms with Crippen LogP contribution in [0.5, 0.6) is 0 Å². The van der Waals surface area contributed by atoms with Crippen LogP contribution in [0.25, 0.3) is 0 Å². The fourth-order valence-corrected chi connectivity index (χ4v) is 3.24. The molecule has 0 saturated heterocycles. The average Bonchev–Trinajstić information content (AvgIpc) is 3.21. The van der Waals surface area contributed by atoms with Crippen LogP contribution in [0.15, 0.2) is 24.5 Å². The highest BCUT2D eigenvalue weighted by Gasteiger charge is 2.53. The van der Waals surface area contributed by atoms with Crippen LogP contribution in [0.4, 0.5) is 8.78 Å². The highest BCUT2D eigenvalue weighted by atomic mass is 19.3. The first-order valence-electron chi connectivity index (χ1n) is 7.85. The quantitative estimate of drug-likeness (QED) is 0.787. The first-order chi connectivity index (χ1) is 11.3. The minimum atomic E-state index is -2.68. The Labute approximate surface area is 138 Å². The number of alkyl halides is 2. The molecule has 8 heteroatoms. The summed E-state index contributed by atoms with van der Waals surface area (Å²) in [6.45, 7) is 2.05. The number of hydrogen-bond acceptors (Lipinski definition) is 4. The maximum absolute atomic E-state index is 14.1. The monoisotopic (exact) mass is 338 g/mol. The maximum atomic E-state index is 14.1. The zero-order chi connectivity index (χ0) is 17.4. The van der Waals surface area contributed by atoms with Crippen molar-refractivity contribution in [2.75, 3.05) is 7.11 Å². The number of methoxy groups -OCH3 is 1. The van der Waals surface area contributed by atoms with Gasteiger partial charge in [-0.1, -0.05) is 12.1 Å². The Bertz CT molecular complexity index is 740. The van der Waals surface area contributed by atoms with Crippen molar-refractivity contribution >= 4 is 5.97 Å². The number of esters is 1. The lowest BCUT2D eigenvalue weighted by atomic mass is 9.86. The molecule has 1 atom stereocenters. The van der Waals surface area contributed by atoms with Crippen LogP contribution in [0.1, 0.15) is 42.4 Å². The van der Waals surface area contributed by atoms with Crippen LogP contribution >= 0.6 is 0 Å². The highest BCUT2D eigenvalue weighted by Crippen LogP contribution is 2.50. The SMILES string of the molecule is COC(=O)c1cccn1Cc1cn(CC2(C)CCCC2(F)F)nn1. The molecular weight excluding hydrogens is 318 g/mol. The standard InChI is InChI=1S/C16H20F2N4O2/c1-15(6-4-7-16(15,17)18)11-22-10-12(19-20-22)9-21-8-3-5-13(21)14(23)24-2/h3,5,8,10H,4,6-7,9,11H2,1-2H3. The van der Waals surface area contributed by atoms with Gasteiger partial charge in [-0.3, -0.25) is 4.68 Å². The summed E-state index contributed by atoms with van der Waals surface area (Å²) in [5, 5.41) is 8.00. The van der Waals surface area contributed by atoms with E-state index in [2.05, 4.69) is 10.3 Å². The zero-order valence-electron chi connectivity index (χ0n) is 13.7. The van der Waals surface area contributed by atoms with E-state index >= 15 is 0 Å². The molecule has 2 aromatic rings. The van der Waals surface area contributed by atoms with Gasteiger partial charge in [-0.2, -0.15) is 0 Å². The van der Waals surface area contributed by atoms with E-state index in [0.717, 1.165) is 0 Å². The molecule has 1 fully saturated rings. The molecule has 0 N–H and O–H groups in total. The van der Waals surface area contributed by atoms with Gasteiger partial charge in [0.1, 0.15) is 11.4 Å². The van der Waals surface area contributed by atoms with Crippen LogP contribution in [0.3, 0.4) is 0 Å². The first kappa shape index (κ1) is 16.6. The molecule has 0 aliphatic heterocycles. The van der Waals surface area contributed by atoms with Gasteiger partial charge in [0.2, 0.25) is 0 Å². The summed E-state index contributed by atoms with van der Waals surface area (Å²) in [4.78, 5) is 11.7. The Balaban J connectivity index is 1.73. The second kappa shape index (κ2) is 5.99. The molecule has 6 nitrogen and oxygen atoms in total. The number of aromatic nitrogens is 4. The van der Waals surface area contributed by atoms with Crippen molar-refractivity contribution in [2.24, 2.45) is 5.41 Å². The average molecular weight is 338 g/mol. The number of rotatable bonds is 5. The lowest BCUT2D eigenvalue weighted by Gasteiger charge is -2.30. The minimum Gasteiger partial charge on any atom is -0.464 e. The smallest absolute Gasteiger partial charge is 0.354 e. The van der Waals surface area contributed by atoms with Crippen LogP contribution in [0.2, 0.25) is 0 Å². The van der Waals surface area contributed by atoms with Gasteiger partial charge in [-0.15, -0.1) is 5.10 Å². The van der Waals surface area contributed by atoms with Gasteiger partial charge in [-0.05, 0) is 25.0 Å². The van der Waals surface area contributed by atoms with E-state index in [1.165, 1.54) is 11.8 Å². The van der Waals surface area contributed by atoms with Crippen LogP contribution < -0.4 is 0 Å². The molecule has 1 aliphatic carbocycles. The Morgan fingerprint density at radius 3 is 2.88 bits per heavy atom. The zero-order valence-corrected chi connectivity index (χ0v) is 13.7. The number of halogens is 2. The van der Waals surface area contributed by atoms with Crippen molar-refractivity contribution in [2.45, 2.75) is 45.2 Å². The fraction of sp³-hybridized carbons (Fsp3) is 0.562. The molecule has 1 aliphatic rings. The topological polar surface area (TPSA) is 61.9 Å². The van der Waals surface area contributed by atoms with Crippen LogP contribution in [-0.2, 0) is 17.8 Å². The number of carbonyl (C=O) groups excluding carboxylic acids is 1. The normalized spacial score (nSPS) is 22.7. The molecule has 0 bridgehead atoms. The number of ether oxygens (including phenoxy) is 1. The predicted octanol–water partition coefficient (Wildman–Crippen LogP) is 2.74. The third kappa shape index (κ3) is 2.92. The van der Waals surface area contributed by atoms with Gasteiger partial charge in [0.05, 0.1) is 31.8 Å². The summed E-state index contributed by atoms with van der Waals surface area (Å²) >= 11 is 0. The summed E-state index contributed by atoms with van der Waals surface area (Å²) in [5.74, 6) is -3.12. The fourth-order valence-electron chi connectivity index (χ4n) is 3.24. The molecule has 3 rings (SSSR count). The van der Waals surface area contributed by atoms with E-state index < -0.39 is 17.3 Å². The molecule has 2 aromatic heterocycles. The minimum absolute atomic E-state index is 0.0725. The Morgan fingerprint density at radius 2 is 2.21 bits per heavy atom. The van der Waals surface area contributed by atoms with E-state index in [4.69, 9.17) is 4.74 Å². The largest absolute Gasteiger partial charge is 0.464 e. The lowest BCUT2D eigenvalue weighted by Crippen LogP contribution is -2.37. The molecule has 24 heavy (non-hydrogen) atoms. The molecule has 0 radical (unpaired) electrons. The third-order valence-electron chi connectivity index (χ3n) is 4.76. The molecule has 0 amide bonds. The highest BCUT2D eigenvalue weighted by molar-refractivity contribution is 5.87. The first-order valence-corrected chi connectivity index (χ1v) is 7.85. The van der Waals surface area contributed by atoms with E-state index in [-0.39, 0.29) is 13.0 Å². The van der Waals surface area contributed by atoms with E-state index in [1.54, 1.807) is 36.0 Å². The van der Waals surface area contributed by atoms with Crippen molar-refractivity contribution in [1.82, 2.24) is 19.6 Å². The molecule has 130 valence electrons. The van der Waals surface area contributed by atoms with Crippen molar-refractivity contribution in [1.29, 1.82) is 0 Å². The van der Waals surface area contributed by atoms with Gasteiger partial charge < -0.3 is 9.30 Å². The van der Waals surface area contributed by atoms with Gasteiger partial charge in [-0.25, -0.2) is 13.6 Å². The molecule has 2 heterocycles. The summed E-state index contributed by atoms with van der Waals surface area (Å²) < 4.78 is 36.0. The molecule has 0 aromatic carbocycles. The van der Waals surface area contributed by atoms with Gasteiger partial charge in [0.25, 0.3) is 5.92 Å². The van der Waals surface area contributed by atoms with Crippen molar-refractivity contribution in [3.63, 3.8) is 0 Å². The third-order valence-corrected chi connectivity index (χ3v) is 4.76. The van der Waals surface area contributed by atoms with Gasteiger partial charge >= 0.3 is 5.97 Å². The molecule has 0 spiro atoms. The maximum Gasteiger partial charge on any atom is 0.354 e. The Kier molecular flexibility index (Phi) is 4.15. The summed E-state index contributed by atoms with van der Waals surface area (Å²) in [6, 6.07) is 3.38. The number of nitrogens with zero attached hydrogens (tertiary/aromatic N) is 4. The predicted molar refractivity (Wildman–Crippen MR) is 81.8 cm³/mol.